The molecule has 0 aromatic heterocycles. The number of fused-ring (bicyclic) bond motifs is 1. The Labute approximate surface area is 264 Å². The lowest BCUT2D eigenvalue weighted by molar-refractivity contribution is -0.128. The first-order chi connectivity index (χ1) is 21.8. The Morgan fingerprint density at radius 2 is 1.56 bits per heavy atom. The van der Waals surface area contributed by atoms with Gasteiger partial charge in [0.05, 0.1) is 30.8 Å². The number of hydrogen-bond acceptors (Lipinski definition) is 6. The van der Waals surface area contributed by atoms with Gasteiger partial charge in [-0.15, -0.1) is 0 Å². The van der Waals surface area contributed by atoms with Crippen LogP contribution in [0.2, 0.25) is 0 Å². The number of para-hydroxylation sites is 2. The summed E-state index contributed by atoms with van der Waals surface area (Å²) in [6.45, 7) is 1.79. The van der Waals surface area contributed by atoms with E-state index < -0.39 is 28.6 Å². The summed E-state index contributed by atoms with van der Waals surface area (Å²) in [5, 5.41) is 2.91. The van der Waals surface area contributed by atoms with Crippen LogP contribution in [0.1, 0.15) is 16.7 Å². The first-order valence-electron chi connectivity index (χ1n) is 14.8. The summed E-state index contributed by atoms with van der Waals surface area (Å²) in [4.78, 5) is 28.7. The average molecular weight is 628 g/mol. The maximum absolute atomic E-state index is 14.0. The van der Waals surface area contributed by atoms with Crippen molar-refractivity contribution in [3.8, 4) is 11.5 Å². The number of carbonyl (C=O) groups excluding carboxylic acids is 2. The molecule has 0 bridgehead atoms. The molecule has 9 nitrogen and oxygen atoms in total. The van der Waals surface area contributed by atoms with E-state index >= 15 is 0 Å². The molecule has 0 radical (unpaired) electrons. The van der Waals surface area contributed by atoms with Crippen LogP contribution in [0.25, 0.3) is 0 Å². The van der Waals surface area contributed by atoms with E-state index in [0.29, 0.717) is 42.1 Å². The molecule has 1 N–H and O–H groups in total. The number of nitrogens with zero attached hydrogens (tertiary/aromatic N) is 2. The van der Waals surface area contributed by atoms with Crippen molar-refractivity contribution in [2.24, 2.45) is 0 Å². The van der Waals surface area contributed by atoms with Gasteiger partial charge in [-0.25, -0.2) is 8.42 Å². The lowest BCUT2D eigenvalue weighted by atomic mass is 10.1. The van der Waals surface area contributed by atoms with Crippen LogP contribution in [-0.2, 0) is 32.5 Å². The van der Waals surface area contributed by atoms with Gasteiger partial charge >= 0.3 is 0 Å². The lowest BCUT2D eigenvalue weighted by Crippen LogP contribution is -2.53. The summed E-state index contributed by atoms with van der Waals surface area (Å²) in [5.74, 6) is 0.138. The molecule has 0 spiro atoms. The molecule has 5 rings (SSSR count). The molecular formula is C35H37N3O6S. The van der Waals surface area contributed by atoms with Crippen molar-refractivity contribution in [2.45, 2.75) is 30.8 Å². The highest BCUT2D eigenvalue weighted by molar-refractivity contribution is 7.89. The molecule has 4 aromatic carbocycles. The average Bonchev–Trinajstić information content (AvgIpc) is 3.06. The second-order valence-electron chi connectivity index (χ2n) is 10.8. The van der Waals surface area contributed by atoms with E-state index in [2.05, 4.69) is 5.32 Å². The van der Waals surface area contributed by atoms with Crippen LogP contribution in [0, 0.1) is 6.92 Å². The fraction of sp³-hybridized carbons (Fsp3) is 0.257. The third-order valence-electron chi connectivity index (χ3n) is 7.73. The van der Waals surface area contributed by atoms with E-state index in [1.165, 1.54) is 22.4 Å². The van der Waals surface area contributed by atoms with Crippen molar-refractivity contribution in [2.75, 3.05) is 38.2 Å². The van der Waals surface area contributed by atoms with Gasteiger partial charge in [0.1, 0.15) is 11.5 Å². The van der Waals surface area contributed by atoms with Crippen LogP contribution < -0.4 is 19.7 Å². The fourth-order valence-electron chi connectivity index (χ4n) is 5.28. The number of carbonyl (C=O) groups is 2. The van der Waals surface area contributed by atoms with Gasteiger partial charge in [0, 0.05) is 13.1 Å². The predicted molar refractivity (Wildman–Crippen MR) is 173 cm³/mol. The minimum atomic E-state index is -4.08. The fourth-order valence-corrected chi connectivity index (χ4v) is 6.75. The summed E-state index contributed by atoms with van der Waals surface area (Å²) in [5.41, 5.74) is 3.18. The third kappa shape index (κ3) is 7.71. The second kappa shape index (κ2) is 14.4. The van der Waals surface area contributed by atoms with Crippen LogP contribution in [0.15, 0.2) is 108 Å². The number of rotatable bonds is 12. The van der Waals surface area contributed by atoms with Gasteiger partial charge in [-0.05, 0) is 66.8 Å². The van der Waals surface area contributed by atoms with Gasteiger partial charge in [-0.2, -0.15) is 4.31 Å². The molecule has 234 valence electrons. The van der Waals surface area contributed by atoms with Gasteiger partial charge in [0.25, 0.3) is 5.91 Å². The van der Waals surface area contributed by atoms with Crippen LogP contribution in [0.3, 0.4) is 0 Å². The third-order valence-corrected chi connectivity index (χ3v) is 9.57. The summed E-state index contributed by atoms with van der Waals surface area (Å²) < 4.78 is 40.5. The number of benzene rings is 4. The number of anilines is 1. The van der Waals surface area contributed by atoms with E-state index in [1.807, 2.05) is 60.7 Å². The quantitative estimate of drug-likeness (QED) is 0.250. The predicted octanol–water partition coefficient (Wildman–Crippen LogP) is 4.39. The van der Waals surface area contributed by atoms with Crippen molar-refractivity contribution >= 4 is 27.5 Å². The second-order valence-corrected chi connectivity index (χ2v) is 12.7. The zero-order valence-corrected chi connectivity index (χ0v) is 26.2. The maximum Gasteiger partial charge on any atom is 0.262 e. The summed E-state index contributed by atoms with van der Waals surface area (Å²) in [6.07, 6.45) is 0.102. The number of methoxy groups -OCH3 is 1. The van der Waals surface area contributed by atoms with Crippen molar-refractivity contribution < 1.29 is 27.5 Å². The summed E-state index contributed by atoms with van der Waals surface area (Å²) in [7, 11) is -2.55. The molecule has 0 unspecified atom stereocenters. The molecular weight excluding hydrogens is 590 g/mol. The first-order valence-corrected chi connectivity index (χ1v) is 16.3. The van der Waals surface area contributed by atoms with E-state index in [1.54, 1.807) is 43.3 Å². The summed E-state index contributed by atoms with van der Waals surface area (Å²) in [6, 6.07) is 30.9. The Morgan fingerprint density at radius 1 is 0.911 bits per heavy atom. The Hall–Kier alpha value is -4.67. The van der Waals surface area contributed by atoms with Crippen molar-refractivity contribution in [1.82, 2.24) is 9.62 Å². The Bertz CT molecular complexity index is 1730. The molecule has 45 heavy (non-hydrogen) atoms. The molecule has 1 heterocycles. The molecule has 2 amide bonds. The molecule has 0 saturated carbocycles. The minimum Gasteiger partial charge on any atom is -0.496 e. The standard InChI is InChI=1S/C35H37N3O6S/c1-26-23-29(17-18-31(26)43-2)45(41,42)37(22-20-28-13-7-4-8-14-28)25-34(39)38-24-33(44-32-16-10-9-15-30(32)38)35(40)36-21-19-27-11-5-3-6-12-27/h3-18,23,33H,19-22,24-25H2,1-2H3,(H,36,40)/t33-/m0/s1. The largest absolute Gasteiger partial charge is 0.496 e. The van der Waals surface area contributed by atoms with Gasteiger partial charge in [0.15, 0.2) is 6.10 Å². The highest BCUT2D eigenvalue weighted by Crippen LogP contribution is 2.34. The van der Waals surface area contributed by atoms with Crippen molar-refractivity contribution in [3.05, 3.63) is 120 Å². The number of amides is 2. The number of nitrogens with one attached hydrogen (secondary N) is 1. The monoisotopic (exact) mass is 627 g/mol. The normalized spacial score (nSPS) is 14.4. The zero-order valence-electron chi connectivity index (χ0n) is 25.4. The highest BCUT2D eigenvalue weighted by atomic mass is 32.2. The van der Waals surface area contributed by atoms with E-state index in [4.69, 9.17) is 9.47 Å². The molecule has 0 fully saturated rings. The molecule has 4 aromatic rings. The Kier molecular flexibility index (Phi) is 10.2. The Morgan fingerprint density at radius 3 is 2.22 bits per heavy atom. The molecule has 1 aliphatic rings. The van der Waals surface area contributed by atoms with E-state index in [9.17, 15) is 18.0 Å². The maximum atomic E-state index is 14.0. The molecule has 0 saturated heterocycles. The van der Waals surface area contributed by atoms with Crippen LogP contribution in [0.4, 0.5) is 5.69 Å². The number of ether oxygens (including phenoxy) is 2. The molecule has 10 heteroatoms. The topological polar surface area (TPSA) is 105 Å². The van der Waals surface area contributed by atoms with E-state index in [-0.39, 0.29) is 23.9 Å². The van der Waals surface area contributed by atoms with Gasteiger partial charge < -0.3 is 19.7 Å². The minimum absolute atomic E-state index is 0.0543. The van der Waals surface area contributed by atoms with Crippen LogP contribution in [0.5, 0.6) is 11.5 Å². The highest BCUT2D eigenvalue weighted by Gasteiger charge is 2.36. The van der Waals surface area contributed by atoms with E-state index in [0.717, 1.165) is 11.1 Å². The zero-order chi connectivity index (χ0) is 31.8. The van der Waals surface area contributed by atoms with Gasteiger partial charge in [-0.3, -0.25) is 9.59 Å². The molecule has 1 aliphatic heterocycles. The van der Waals surface area contributed by atoms with Crippen molar-refractivity contribution in [3.63, 3.8) is 0 Å². The van der Waals surface area contributed by atoms with Crippen LogP contribution in [-0.4, -0.2) is 63.9 Å². The summed E-state index contributed by atoms with van der Waals surface area (Å²) >= 11 is 0. The van der Waals surface area contributed by atoms with Crippen LogP contribution >= 0.6 is 0 Å². The number of hydrogen-bond donors (Lipinski definition) is 1. The lowest BCUT2D eigenvalue weighted by Gasteiger charge is -2.35. The Balaban J connectivity index is 1.37. The molecule has 0 aliphatic carbocycles. The smallest absolute Gasteiger partial charge is 0.262 e. The number of aryl methyl sites for hydroxylation is 1. The van der Waals surface area contributed by atoms with Crippen molar-refractivity contribution in [1.29, 1.82) is 0 Å². The molecule has 1 atom stereocenters. The van der Waals surface area contributed by atoms with Gasteiger partial charge in [0.2, 0.25) is 15.9 Å². The number of sulfonamides is 1. The van der Waals surface area contributed by atoms with Gasteiger partial charge in [-0.1, -0.05) is 72.8 Å². The SMILES string of the molecule is COc1ccc(S(=O)(=O)N(CCc2ccccc2)CC(=O)N2C[C@@H](C(=O)NCCc3ccccc3)Oc3ccccc32)cc1C. The first kappa shape index (κ1) is 31.7.